The molecule has 1 aliphatic rings. The highest BCUT2D eigenvalue weighted by Crippen LogP contribution is 2.22. The Bertz CT molecular complexity index is 1020. The zero-order chi connectivity index (χ0) is 20.2. The first-order valence-electron chi connectivity index (χ1n) is 9.21. The summed E-state index contributed by atoms with van der Waals surface area (Å²) in [6, 6.07) is 14.9. The second kappa shape index (κ2) is 9.01. The van der Waals surface area contributed by atoms with Crippen molar-refractivity contribution in [3.63, 3.8) is 0 Å². The van der Waals surface area contributed by atoms with E-state index in [2.05, 4.69) is 0 Å². The maximum absolute atomic E-state index is 13.3. The highest BCUT2D eigenvalue weighted by Gasteiger charge is 2.22. The minimum Gasteiger partial charge on any atom is -0.474 e. The van der Waals surface area contributed by atoms with Crippen LogP contribution in [-0.2, 0) is 17.0 Å². The topological polar surface area (TPSA) is 26.5 Å². The van der Waals surface area contributed by atoms with Crippen molar-refractivity contribution >= 4 is 29.3 Å². The lowest BCUT2D eigenvalue weighted by molar-refractivity contribution is 0.323. The molecule has 0 spiro atoms. The highest BCUT2D eigenvalue weighted by atomic mass is 35.5. The summed E-state index contributed by atoms with van der Waals surface area (Å²) in [4.78, 5) is 4.71. The molecule has 0 N–H and O–H groups in total. The fourth-order valence-corrected chi connectivity index (χ4v) is 4.33. The molecular formula is C22H19ClF2N2OS. The van der Waals surface area contributed by atoms with Gasteiger partial charge in [0.2, 0.25) is 5.90 Å². The van der Waals surface area contributed by atoms with Crippen molar-refractivity contribution in [2.45, 2.75) is 18.3 Å². The van der Waals surface area contributed by atoms with Gasteiger partial charge in [-0.25, -0.2) is 13.8 Å². The predicted octanol–water partition coefficient (Wildman–Crippen LogP) is 5.55. The number of thioether (sulfide) groups is 1. The second-order valence-electron chi connectivity index (χ2n) is 6.80. The average Bonchev–Trinajstić information content (AvgIpc) is 3.35. The van der Waals surface area contributed by atoms with Crippen LogP contribution in [0, 0.1) is 11.6 Å². The van der Waals surface area contributed by atoms with Gasteiger partial charge in [0.15, 0.2) is 0 Å². The summed E-state index contributed by atoms with van der Waals surface area (Å²) in [5.41, 5.74) is 2.79. The molecule has 2 heterocycles. The van der Waals surface area contributed by atoms with Gasteiger partial charge < -0.3 is 9.30 Å². The van der Waals surface area contributed by atoms with Gasteiger partial charge in [-0.05, 0) is 47.5 Å². The lowest BCUT2D eigenvalue weighted by Crippen LogP contribution is -2.11. The zero-order valence-electron chi connectivity index (χ0n) is 15.5. The van der Waals surface area contributed by atoms with Crippen LogP contribution in [0.15, 0.2) is 65.8 Å². The normalized spacial score (nSPS) is 16.0. The number of halogens is 3. The van der Waals surface area contributed by atoms with Crippen LogP contribution in [0.3, 0.4) is 0 Å². The maximum atomic E-state index is 13.3. The minimum absolute atomic E-state index is 0.0770. The molecule has 0 radical (unpaired) electrons. The Kier molecular flexibility index (Phi) is 6.21. The summed E-state index contributed by atoms with van der Waals surface area (Å²) in [5.74, 6) is 1.67. The smallest absolute Gasteiger partial charge is 0.233 e. The van der Waals surface area contributed by atoms with E-state index in [1.807, 2.05) is 22.9 Å². The number of hydrogen-bond donors (Lipinski definition) is 0. The first-order chi connectivity index (χ1) is 14.1. The SMILES string of the molecule is Fc1ccc(CSCC2COC(c3cccn3Cc3ccc(F)cc3Cl)=N2)cc1. The van der Waals surface area contributed by atoms with Crippen LogP contribution in [0.1, 0.15) is 16.8 Å². The van der Waals surface area contributed by atoms with E-state index >= 15 is 0 Å². The molecule has 3 nitrogen and oxygen atoms in total. The Balaban J connectivity index is 1.38. The molecule has 7 heteroatoms. The van der Waals surface area contributed by atoms with Crippen molar-refractivity contribution in [1.29, 1.82) is 0 Å². The van der Waals surface area contributed by atoms with E-state index in [0.717, 1.165) is 28.3 Å². The number of nitrogens with zero attached hydrogens (tertiary/aromatic N) is 2. The van der Waals surface area contributed by atoms with E-state index in [1.165, 1.54) is 24.3 Å². The summed E-state index contributed by atoms with van der Waals surface area (Å²) in [6.45, 7) is 1.04. The largest absolute Gasteiger partial charge is 0.474 e. The van der Waals surface area contributed by atoms with Crippen molar-refractivity contribution in [2.24, 2.45) is 4.99 Å². The van der Waals surface area contributed by atoms with Gasteiger partial charge >= 0.3 is 0 Å². The minimum atomic E-state index is -0.351. The number of rotatable bonds is 7. The average molecular weight is 433 g/mol. The standard InChI is InChI=1S/C22H19ClF2N2OS/c23-20-10-18(25)8-5-16(20)11-27-9-1-2-21(27)22-26-19(12-28-22)14-29-13-15-3-6-17(24)7-4-15/h1-10,19H,11-14H2. The monoisotopic (exact) mass is 432 g/mol. The Labute approximate surface area is 177 Å². The van der Waals surface area contributed by atoms with E-state index < -0.39 is 0 Å². The van der Waals surface area contributed by atoms with E-state index in [1.54, 1.807) is 30.0 Å². The molecule has 4 rings (SSSR count). The quantitative estimate of drug-likeness (QED) is 0.489. The molecule has 2 aromatic carbocycles. The Hall–Kier alpha value is -2.31. The van der Waals surface area contributed by atoms with Crippen LogP contribution in [0.2, 0.25) is 5.02 Å². The van der Waals surface area contributed by atoms with E-state index in [-0.39, 0.29) is 17.7 Å². The second-order valence-corrected chi connectivity index (χ2v) is 8.24. The van der Waals surface area contributed by atoms with Crippen molar-refractivity contribution in [2.75, 3.05) is 12.4 Å². The first kappa shape index (κ1) is 20.0. The Morgan fingerprint density at radius 2 is 1.90 bits per heavy atom. The lowest BCUT2D eigenvalue weighted by atomic mass is 10.2. The van der Waals surface area contributed by atoms with Crippen LogP contribution in [0.5, 0.6) is 0 Å². The van der Waals surface area contributed by atoms with Crippen molar-refractivity contribution in [3.05, 3.63) is 94.3 Å². The van der Waals surface area contributed by atoms with Crippen LogP contribution in [-0.4, -0.2) is 28.9 Å². The third-order valence-electron chi connectivity index (χ3n) is 4.61. The fourth-order valence-electron chi connectivity index (χ4n) is 3.11. The molecule has 1 aliphatic heterocycles. The van der Waals surface area contributed by atoms with Crippen molar-refractivity contribution in [1.82, 2.24) is 4.57 Å². The van der Waals surface area contributed by atoms with Gasteiger partial charge in [-0.15, -0.1) is 0 Å². The molecule has 1 atom stereocenters. The number of hydrogen-bond acceptors (Lipinski definition) is 3. The number of ether oxygens (including phenoxy) is 1. The molecule has 0 bridgehead atoms. The van der Waals surface area contributed by atoms with E-state index in [0.29, 0.717) is 24.1 Å². The number of aromatic nitrogens is 1. The van der Waals surface area contributed by atoms with Gasteiger partial charge in [0.25, 0.3) is 0 Å². The van der Waals surface area contributed by atoms with Gasteiger partial charge in [0.05, 0.1) is 6.04 Å². The zero-order valence-corrected chi connectivity index (χ0v) is 17.1. The number of benzene rings is 2. The van der Waals surface area contributed by atoms with Gasteiger partial charge in [-0.3, -0.25) is 0 Å². The molecule has 3 aromatic rings. The van der Waals surface area contributed by atoms with Crippen LogP contribution in [0.4, 0.5) is 8.78 Å². The van der Waals surface area contributed by atoms with Crippen LogP contribution in [0.25, 0.3) is 0 Å². The summed E-state index contributed by atoms with van der Waals surface area (Å²) < 4.78 is 34.1. The van der Waals surface area contributed by atoms with E-state index in [4.69, 9.17) is 21.3 Å². The van der Waals surface area contributed by atoms with Gasteiger partial charge in [0.1, 0.15) is 23.9 Å². The van der Waals surface area contributed by atoms with Gasteiger partial charge in [-0.1, -0.05) is 29.8 Å². The number of aliphatic imine (C=N–C) groups is 1. The predicted molar refractivity (Wildman–Crippen MR) is 114 cm³/mol. The maximum Gasteiger partial charge on any atom is 0.233 e. The third-order valence-corrected chi connectivity index (χ3v) is 6.12. The van der Waals surface area contributed by atoms with E-state index in [9.17, 15) is 8.78 Å². The highest BCUT2D eigenvalue weighted by molar-refractivity contribution is 7.98. The van der Waals surface area contributed by atoms with Crippen LogP contribution < -0.4 is 0 Å². The summed E-state index contributed by atoms with van der Waals surface area (Å²) >= 11 is 7.91. The molecule has 1 aromatic heterocycles. The van der Waals surface area contributed by atoms with Crippen molar-refractivity contribution < 1.29 is 13.5 Å². The van der Waals surface area contributed by atoms with Gasteiger partial charge in [0, 0.05) is 29.3 Å². The molecule has 1 unspecified atom stereocenters. The molecule has 0 fully saturated rings. The Morgan fingerprint density at radius 3 is 2.69 bits per heavy atom. The van der Waals surface area contributed by atoms with Crippen LogP contribution >= 0.6 is 23.4 Å². The molecular weight excluding hydrogens is 414 g/mol. The molecule has 150 valence electrons. The molecule has 29 heavy (non-hydrogen) atoms. The van der Waals surface area contributed by atoms with Gasteiger partial charge in [-0.2, -0.15) is 11.8 Å². The molecule has 0 saturated heterocycles. The van der Waals surface area contributed by atoms with Crippen molar-refractivity contribution in [3.8, 4) is 0 Å². The first-order valence-corrected chi connectivity index (χ1v) is 10.7. The molecule has 0 aliphatic carbocycles. The third kappa shape index (κ3) is 5.00. The summed E-state index contributed by atoms with van der Waals surface area (Å²) in [5, 5.41) is 0.397. The summed E-state index contributed by atoms with van der Waals surface area (Å²) in [7, 11) is 0. The fraction of sp³-hybridized carbons (Fsp3) is 0.227. The summed E-state index contributed by atoms with van der Waals surface area (Å²) in [6.07, 6.45) is 1.93. The lowest BCUT2D eigenvalue weighted by Gasteiger charge is -2.10. The molecule has 0 amide bonds. The Morgan fingerprint density at radius 1 is 1.10 bits per heavy atom. The molecule has 0 saturated carbocycles.